The summed E-state index contributed by atoms with van der Waals surface area (Å²) in [7, 11) is 0. The van der Waals surface area contributed by atoms with Crippen molar-refractivity contribution >= 4 is 34.5 Å². The minimum Gasteiger partial charge on any atom is -0.465 e. The zero-order valence-electron chi connectivity index (χ0n) is 13.7. The summed E-state index contributed by atoms with van der Waals surface area (Å²) >= 11 is 1.40. The number of ether oxygens (including phenoxy) is 1. The number of esters is 1. The first-order valence-corrected chi connectivity index (χ1v) is 8.42. The summed E-state index contributed by atoms with van der Waals surface area (Å²) < 4.78 is 6.92. The molecule has 0 aliphatic carbocycles. The number of carbonyl (C=O) groups excluding carboxylic acids is 1. The molecule has 0 saturated carbocycles. The van der Waals surface area contributed by atoms with E-state index in [0.717, 1.165) is 17.1 Å². The number of aromatic nitrogens is 2. The topological polar surface area (TPSA) is 56.5 Å². The standard InChI is InChI=1S/C18H17N3O2S.BrH/c1-2-23-16(22)13-19-18-20-17(14-9-5-3-6-10-14)21(24-18)15-11-7-4-8-12-15;/h3-12H,2,13H2,1H3;1H. The van der Waals surface area contributed by atoms with Crippen LogP contribution in [0.5, 0.6) is 0 Å². The van der Waals surface area contributed by atoms with E-state index in [1.165, 1.54) is 11.5 Å². The molecule has 1 heterocycles. The van der Waals surface area contributed by atoms with Gasteiger partial charge < -0.3 is 4.74 Å². The summed E-state index contributed by atoms with van der Waals surface area (Å²) in [6.45, 7) is 2.11. The van der Waals surface area contributed by atoms with Gasteiger partial charge in [0.15, 0.2) is 5.82 Å². The third-order valence-electron chi connectivity index (χ3n) is 3.24. The predicted molar refractivity (Wildman–Crippen MR) is 104 cm³/mol. The lowest BCUT2D eigenvalue weighted by Gasteiger charge is -2.05. The highest BCUT2D eigenvalue weighted by molar-refractivity contribution is 8.93. The minimum absolute atomic E-state index is 0. The highest BCUT2D eigenvalue weighted by atomic mass is 79.9. The Balaban J connectivity index is 0.00000225. The Bertz CT molecular complexity index is 816. The van der Waals surface area contributed by atoms with Gasteiger partial charge in [-0.25, -0.2) is 8.95 Å². The van der Waals surface area contributed by atoms with Crippen LogP contribution in [-0.2, 0) is 9.53 Å². The summed E-state index contributed by atoms with van der Waals surface area (Å²) in [5, 5.41) is 0. The molecule has 7 heteroatoms. The van der Waals surface area contributed by atoms with Crippen molar-refractivity contribution in [2.75, 3.05) is 13.2 Å². The Kier molecular flexibility index (Phi) is 7.09. The Morgan fingerprint density at radius 1 is 1.12 bits per heavy atom. The zero-order valence-corrected chi connectivity index (χ0v) is 16.2. The van der Waals surface area contributed by atoms with Gasteiger partial charge in [-0.3, -0.25) is 4.79 Å². The molecular formula is C18H18BrN3O2S. The average Bonchev–Trinajstić information content (AvgIpc) is 3.06. The lowest BCUT2D eigenvalue weighted by atomic mass is 10.2. The van der Waals surface area contributed by atoms with E-state index in [9.17, 15) is 4.79 Å². The van der Waals surface area contributed by atoms with Gasteiger partial charge in [0, 0.05) is 5.56 Å². The van der Waals surface area contributed by atoms with Crippen LogP contribution in [0, 0.1) is 0 Å². The van der Waals surface area contributed by atoms with Crippen molar-refractivity contribution in [3.05, 3.63) is 65.5 Å². The highest BCUT2D eigenvalue weighted by Gasteiger charge is 2.10. The fourth-order valence-electron chi connectivity index (χ4n) is 2.19. The largest absolute Gasteiger partial charge is 0.465 e. The average molecular weight is 420 g/mol. The number of carbonyl (C=O) groups is 1. The van der Waals surface area contributed by atoms with Crippen LogP contribution in [0.3, 0.4) is 0 Å². The number of rotatable bonds is 5. The maximum Gasteiger partial charge on any atom is 0.327 e. The van der Waals surface area contributed by atoms with E-state index in [1.807, 2.05) is 64.6 Å². The van der Waals surface area contributed by atoms with Crippen LogP contribution in [0.1, 0.15) is 6.92 Å². The third kappa shape index (κ3) is 4.87. The molecule has 0 N–H and O–H groups in total. The van der Waals surface area contributed by atoms with Crippen LogP contribution < -0.4 is 4.80 Å². The minimum atomic E-state index is -0.347. The van der Waals surface area contributed by atoms with Gasteiger partial charge in [-0.15, -0.1) is 17.0 Å². The number of para-hydroxylation sites is 1. The lowest BCUT2D eigenvalue weighted by Crippen LogP contribution is -2.11. The number of nitrogens with zero attached hydrogens (tertiary/aromatic N) is 3. The highest BCUT2D eigenvalue weighted by Crippen LogP contribution is 2.21. The molecule has 0 radical (unpaired) electrons. The van der Waals surface area contributed by atoms with Crippen LogP contribution >= 0.6 is 28.5 Å². The van der Waals surface area contributed by atoms with Gasteiger partial charge in [-0.1, -0.05) is 48.5 Å². The summed E-state index contributed by atoms with van der Waals surface area (Å²) in [5.74, 6) is 0.453. The van der Waals surface area contributed by atoms with Crippen LogP contribution in [0.15, 0.2) is 65.7 Å². The van der Waals surface area contributed by atoms with E-state index < -0.39 is 0 Å². The Morgan fingerprint density at radius 2 is 1.76 bits per heavy atom. The van der Waals surface area contributed by atoms with Gasteiger partial charge in [0.2, 0.25) is 4.80 Å². The van der Waals surface area contributed by atoms with Crippen molar-refractivity contribution in [3.63, 3.8) is 0 Å². The van der Waals surface area contributed by atoms with E-state index in [4.69, 9.17) is 4.74 Å². The van der Waals surface area contributed by atoms with E-state index in [2.05, 4.69) is 9.98 Å². The molecular weight excluding hydrogens is 402 g/mol. The van der Waals surface area contributed by atoms with Crippen molar-refractivity contribution in [1.29, 1.82) is 0 Å². The monoisotopic (exact) mass is 419 g/mol. The van der Waals surface area contributed by atoms with Gasteiger partial charge in [0.05, 0.1) is 12.3 Å². The molecule has 0 aliphatic heterocycles. The van der Waals surface area contributed by atoms with Crippen LogP contribution in [0.2, 0.25) is 0 Å². The van der Waals surface area contributed by atoms with Crippen LogP contribution in [0.25, 0.3) is 17.1 Å². The molecule has 0 spiro atoms. The normalized spacial score (nSPS) is 11.0. The van der Waals surface area contributed by atoms with Gasteiger partial charge in [-0.2, -0.15) is 4.98 Å². The zero-order chi connectivity index (χ0) is 16.8. The summed E-state index contributed by atoms with van der Waals surface area (Å²) in [6, 6.07) is 19.9. The van der Waals surface area contributed by atoms with E-state index in [1.54, 1.807) is 6.92 Å². The smallest absolute Gasteiger partial charge is 0.327 e. The van der Waals surface area contributed by atoms with Crippen molar-refractivity contribution < 1.29 is 9.53 Å². The molecule has 0 bridgehead atoms. The Morgan fingerprint density at radius 3 is 2.40 bits per heavy atom. The Labute approximate surface area is 160 Å². The summed E-state index contributed by atoms with van der Waals surface area (Å²) in [5.41, 5.74) is 2.00. The number of hydrogen-bond acceptors (Lipinski definition) is 5. The summed E-state index contributed by atoms with van der Waals surface area (Å²) in [4.78, 5) is 20.9. The molecule has 0 aliphatic rings. The van der Waals surface area contributed by atoms with Crippen LogP contribution in [-0.4, -0.2) is 28.1 Å². The second-order valence-corrected chi connectivity index (χ2v) is 5.84. The van der Waals surface area contributed by atoms with Gasteiger partial charge in [0.25, 0.3) is 0 Å². The van der Waals surface area contributed by atoms with Gasteiger partial charge in [-0.05, 0) is 30.6 Å². The molecule has 0 amide bonds. The molecule has 0 fully saturated rings. The Hall–Kier alpha value is -2.25. The molecule has 3 rings (SSSR count). The molecule has 3 aromatic rings. The maximum atomic E-state index is 11.5. The van der Waals surface area contributed by atoms with Crippen molar-refractivity contribution in [2.24, 2.45) is 4.99 Å². The quantitative estimate of drug-likeness (QED) is 0.593. The van der Waals surface area contributed by atoms with E-state index in [0.29, 0.717) is 11.4 Å². The predicted octanol–water partition coefficient (Wildman–Crippen LogP) is 3.64. The van der Waals surface area contributed by atoms with Crippen LogP contribution in [0.4, 0.5) is 0 Å². The van der Waals surface area contributed by atoms with Crippen molar-refractivity contribution in [1.82, 2.24) is 8.94 Å². The molecule has 0 unspecified atom stereocenters. The first-order chi connectivity index (χ1) is 11.8. The number of halogens is 1. The fourth-order valence-corrected chi connectivity index (χ4v) is 3.06. The van der Waals surface area contributed by atoms with E-state index >= 15 is 0 Å². The molecule has 0 atom stereocenters. The van der Waals surface area contributed by atoms with Crippen molar-refractivity contribution in [2.45, 2.75) is 6.92 Å². The fraction of sp³-hybridized carbons (Fsp3) is 0.167. The van der Waals surface area contributed by atoms with E-state index in [-0.39, 0.29) is 29.5 Å². The molecule has 0 saturated heterocycles. The van der Waals surface area contributed by atoms with Gasteiger partial charge in [0.1, 0.15) is 6.54 Å². The molecule has 130 valence electrons. The number of hydrogen-bond donors (Lipinski definition) is 0. The molecule has 2 aromatic carbocycles. The first-order valence-electron chi connectivity index (χ1n) is 7.65. The summed E-state index contributed by atoms with van der Waals surface area (Å²) in [6.07, 6.45) is 0. The third-order valence-corrected chi connectivity index (χ3v) is 4.19. The number of benzene rings is 2. The first kappa shape index (κ1) is 19.1. The second kappa shape index (κ2) is 9.29. The lowest BCUT2D eigenvalue weighted by molar-refractivity contribution is -0.141. The van der Waals surface area contributed by atoms with Gasteiger partial charge >= 0.3 is 5.97 Å². The SMILES string of the molecule is Br.CCOC(=O)CN=c1nc(-c2ccccc2)n(-c2ccccc2)s1. The maximum absolute atomic E-state index is 11.5. The van der Waals surface area contributed by atoms with Crippen molar-refractivity contribution in [3.8, 4) is 17.1 Å². The molecule has 5 nitrogen and oxygen atoms in total. The molecule has 1 aromatic heterocycles. The molecule has 25 heavy (non-hydrogen) atoms. The second-order valence-electron chi connectivity index (χ2n) is 4.93.